The van der Waals surface area contributed by atoms with E-state index in [1.165, 1.54) is 89.9 Å². The molecule has 0 aliphatic rings. The van der Waals surface area contributed by atoms with Crippen LogP contribution in [-0.4, -0.2) is 59.5 Å². The van der Waals surface area contributed by atoms with Gasteiger partial charge in [-0.15, -0.1) is 0 Å². The van der Waals surface area contributed by atoms with Crippen LogP contribution in [0.15, 0.2) is 0 Å². The summed E-state index contributed by atoms with van der Waals surface area (Å²) in [6.45, 7) is 11.0. The average Bonchev–Trinajstić information content (AvgIpc) is 2.91. The molecule has 0 bridgehead atoms. The number of hydrogen-bond acceptors (Lipinski definition) is 5. The first-order chi connectivity index (χ1) is 19.0. The summed E-state index contributed by atoms with van der Waals surface area (Å²) in [5.74, 6) is -0.0862. The topological polar surface area (TPSA) is 70.0 Å². The Hall–Kier alpha value is -0.650. The van der Waals surface area contributed by atoms with E-state index in [1.807, 2.05) is 6.92 Å². The molecule has 0 aromatic carbocycles. The zero-order chi connectivity index (χ0) is 29.0. The fourth-order valence-electron chi connectivity index (χ4n) is 5.54. The molecule has 0 radical (unpaired) electrons. The minimum atomic E-state index is -0.330. The Morgan fingerprint density at radius 2 is 1.00 bits per heavy atom. The second-order valence-corrected chi connectivity index (χ2v) is 11.9. The number of rotatable bonds is 30. The molecule has 0 rings (SSSR count). The largest absolute Gasteiger partial charge is 0.466 e. The maximum absolute atomic E-state index is 12.1. The van der Waals surface area contributed by atoms with Crippen LogP contribution >= 0.6 is 0 Å². The highest BCUT2D eigenvalue weighted by atomic mass is 16.5. The van der Waals surface area contributed by atoms with Crippen LogP contribution in [0.4, 0.5) is 0 Å². The lowest BCUT2D eigenvalue weighted by Crippen LogP contribution is -2.38. The van der Waals surface area contributed by atoms with E-state index < -0.39 is 0 Å². The predicted octanol–water partition coefficient (Wildman–Crippen LogP) is 8.83. The van der Waals surface area contributed by atoms with Gasteiger partial charge in [0.2, 0.25) is 0 Å². The lowest BCUT2D eigenvalue weighted by atomic mass is 9.99. The molecule has 0 saturated carbocycles. The Morgan fingerprint density at radius 1 is 0.590 bits per heavy atom. The summed E-state index contributed by atoms with van der Waals surface area (Å²) in [6, 6.07) is 0. The molecule has 0 heterocycles. The third-order valence-electron chi connectivity index (χ3n) is 8.11. The van der Waals surface area contributed by atoms with Crippen molar-refractivity contribution in [1.29, 1.82) is 0 Å². The molecule has 5 nitrogen and oxygen atoms in total. The maximum Gasteiger partial charge on any atom is 0.308 e. The third-order valence-corrected chi connectivity index (χ3v) is 8.11. The van der Waals surface area contributed by atoms with Crippen LogP contribution in [0.3, 0.4) is 0 Å². The minimum Gasteiger partial charge on any atom is -0.466 e. The number of carbonyl (C=O) groups excluding carboxylic acids is 1. The van der Waals surface area contributed by atoms with Crippen molar-refractivity contribution in [3.8, 4) is 0 Å². The summed E-state index contributed by atoms with van der Waals surface area (Å²) in [5.41, 5.74) is 0. The molecule has 3 unspecified atom stereocenters. The van der Waals surface area contributed by atoms with Crippen LogP contribution in [0, 0.1) is 5.92 Å². The van der Waals surface area contributed by atoms with Crippen molar-refractivity contribution in [2.24, 2.45) is 5.92 Å². The fraction of sp³-hybridized carbons (Fsp3) is 0.971. The smallest absolute Gasteiger partial charge is 0.308 e. The Labute approximate surface area is 243 Å². The molecule has 0 saturated heterocycles. The monoisotopic (exact) mass is 556 g/mol. The molecule has 0 aliphatic heterocycles. The van der Waals surface area contributed by atoms with E-state index in [0.29, 0.717) is 19.7 Å². The number of aliphatic hydroxyl groups excluding tert-OH is 2. The molecule has 0 aromatic rings. The zero-order valence-electron chi connectivity index (χ0n) is 26.8. The molecular formula is C34H69NO4. The minimum absolute atomic E-state index is 0.0153. The lowest BCUT2D eigenvalue weighted by molar-refractivity contribution is -0.148. The molecule has 0 spiro atoms. The predicted molar refractivity (Wildman–Crippen MR) is 167 cm³/mol. The first-order valence-corrected chi connectivity index (χ1v) is 17.2. The van der Waals surface area contributed by atoms with Crippen LogP contribution in [0.25, 0.3) is 0 Å². The van der Waals surface area contributed by atoms with E-state index in [-0.39, 0.29) is 24.1 Å². The second kappa shape index (κ2) is 28.9. The summed E-state index contributed by atoms with van der Waals surface area (Å²) in [5, 5.41) is 21.5. The van der Waals surface area contributed by atoms with Crippen molar-refractivity contribution >= 4 is 5.97 Å². The van der Waals surface area contributed by atoms with Crippen molar-refractivity contribution in [3.05, 3.63) is 0 Å². The molecule has 3 atom stereocenters. The maximum atomic E-state index is 12.1. The van der Waals surface area contributed by atoms with E-state index >= 15 is 0 Å². The van der Waals surface area contributed by atoms with Gasteiger partial charge >= 0.3 is 5.97 Å². The molecular weight excluding hydrogens is 486 g/mol. The van der Waals surface area contributed by atoms with Crippen molar-refractivity contribution in [3.63, 3.8) is 0 Å². The number of esters is 1. The van der Waals surface area contributed by atoms with Gasteiger partial charge in [-0.25, -0.2) is 0 Å². The molecule has 39 heavy (non-hydrogen) atoms. The standard InChI is InChI=1S/C34H69NO4/c1-5-9-11-13-15-17-19-21-26-32(36)29-35(28-24-23-25-31(7-3)34(38)39-8-4)30-33(37)27-22-20-18-16-14-12-10-6-2/h31-33,36-37H,5-30H2,1-4H3. The summed E-state index contributed by atoms with van der Waals surface area (Å²) in [7, 11) is 0. The first kappa shape index (κ1) is 38.4. The van der Waals surface area contributed by atoms with Crippen LogP contribution in [0.5, 0.6) is 0 Å². The van der Waals surface area contributed by atoms with Gasteiger partial charge in [0.1, 0.15) is 0 Å². The fourth-order valence-corrected chi connectivity index (χ4v) is 5.54. The van der Waals surface area contributed by atoms with Gasteiger partial charge in [0, 0.05) is 13.1 Å². The van der Waals surface area contributed by atoms with E-state index in [1.54, 1.807) is 0 Å². The Balaban J connectivity index is 4.45. The van der Waals surface area contributed by atoms with Crippen LogP contribution in [-0.2, 0) is 9.53 Å². The Kier molecular flexibility index (Phi) is 28.4. The zero-order valence-corrected chi connectivity index (χ0v) is 26.8. The molecule has 234 valence electrons. The Morgan fingerprint density at radius 3 is 1.41 bits per heavy atom. The molecule has 2 N–H and O–H groups in total. The van der Waals surface area contributed by atoms with Crippen molar-refractivity contribution in [2.75, 3.05) is 26.2 Å². The van der Waals surface area contributed by atoms with Gasteiger partial charge < -0.3 is 14.9 Å². The van der Waals surface area contributed by atoms with E-state index in [9.17, 15) is 15.0 Å². The highest BCUT2D eigenvalue weighted by molar-refractivity contribution is 5.72. The van der Waals surface area contributed by atoms with E-state index in [2.05, 4.69) is 25.7 Å². The van der Waals surface area contributed by atoms with Gasteiger partial charge in [-0.1, -0.05) is 130 Å². The molecule has 0 amide bonds. The SMILES string of the molecule is CCCCCCCCCCC(O)CN(CCCCC(CC)C(=O)OCC)CC(O)CCCCCCCCCC. The highest BCUT2D eigenvalue weighted by Gasteiger charge is 2.19. The van der Waals surface area contributed by atoms with Crippen molar-refractivity contribution in [1.82, 2.24) is 4.90 Å². The van der Waals surface area contributed by atoms with Crippen LogP contribution < -0.4 is 0 Å². The first-order valence-electron chi connectivity index (χ1n) is 17.2. The number of aliphatic hydroxyl groups is 2. The van der Waals surface area contributed by atoms with Gasteiger partial charge in [-0.05, 0) is 45.6 Å². The summed E-state index contributed by atoms with van der Waals surface area (Å²) in [4.78, 5) is 14.4. The number of carbonyl (C=O) groups is 1. The van der Waals surface area contributed by atoms with Crippen LogP contribution in [0.1, 0.15) is 169 Å². The summed E-state index contributed by atoms with van der Waals surface area (Å²) < 4.78 is 5.22. The molecule has 0 aliphatic carbocycles. The summed E-state index contributed by atoms with van der Waals surface area (Å²) in [6.07, 6.45) is 25.1. The summed E-state index contributed by atoms with van der Waals surface area (Å²) >= 11 is 0. The van der Waals surface area contributed by atoms with E-state index in [0.717, 1.165) is 57.9 Å². The van der Waals surface area contributed by atoms with E-state index in [4.69, 9.17) is 4.74 Å². The van der Waals surface area contributed by atoms with Gasteiger partial charge in [-0.3, -0.25) is 9.69 Å². The number of ether oxygens (including phenoxy) is 1. The number of hydrogen-bond donors (Lipinski definition) is 2. The number of unbranched alkanes of at least 4 members (excludes halogenated alkanes) is 15. The molecule has 5 heteroatoms. The molecule has 0 fully saturated rings. The van der Waals surface area contributed by atoms with Crippen LogP contribution in [0.2, 0.25) is 0 Å². The van der Waals surface area contributed by atoms with Gasteiger partial charge in [0.25, 0.3) is 0 Å². The third kappa shape index (κ3) is 24.8. The van der Waals surface area contributed by atoms with Gasteiger partial charge in [0.05, 0.1) is 24.7 Å². The van der Waals surface area contributed by atoms with Gasteiger partial charge in [0.15, 0.2) is 0 Å². The second-order valence-electron chi connectivity index (χ2n) is 11.9. The Bertz CT molecular complexity index is 487. The van der Waals surface area contributed by atoms with Crippen molar-refractivity contribution in [2.45, 2.75) is 181 Å². The quantitative estimate of drug-likeness (QED) is 0.0684. The molecule has 0 aromatic heterocycles. The average molecular weight is 556 g/mol. The van der Waals surface area contributed by atoms with Crippen molar-refractivity contribution < 1.29 is 19.7 Å². The normalized spacial score (nSPS) is 14.0. The van der Waals surface area contributed by atoms with Gasteiger partial charge in [-0.2, -0.15) is 0 Å². The number of nitrogens with zero attached hydrogens (tertiary/aromatic N) is 1. The highest BCUT2D eigenvalue weighted by Crippen LogP contribution is 2.17. The lowest BCUT2D eigenvalue weighted by Gasteiger charge is -2.27.